The molecule has 4 rings (SSSR count). The fourth-order valence-electron chi connectivity index (χ4n) is 7.09. The highest BCUT2D eigenvalue weighted by Crippen LogP contribution is 2.20. The molecule has 4 bridgehead atoms. The van der Waals surface area contributed by atoms with Crippen molar-refractivity contribution in [3.05, 3.63) is 0 Å². The zero-order valence-corrected chi connectivity index (χ0v) is 32.5. The van der Waals surface area contributed by atoms with Crippen LogP contribution in [0.25, 0.3) is 0 Å². The largest absolute Gasteiger partial charge is 0.475 e. The number of hydrogen-bond acceptors (Lipinski definition) is 17. The molecule has 0 radical (unpaired) electrons. The van der Waals surface area contributed by atoms with Crippen LogP contribution in [0.3, 0.4) is 0 Å². The molecule has 4 fully saturated rings. The first-order chi connectivity index (χ1) is 26.6. The van der Waals surface area contributed by atoms with Crippen LogP contribution < -0.4 is 10.6 Å². The monoisotopic (exact) mass is 793 g/mol. The van der Waals surface area contributed by atoms with Crippen molar-refractivity contribution in [2.75, 3.05) is 91.6 Å². The van der Waals surface area contributed by atoms with Crippen molar-refractivity contribution in [3.8, 4) is 0 Å². The van der Waals surface area contributed by atoms with Gasteiger partial charge in [-0.2, -0.15) is 0 Å². The van der Waals surface area contributed by atoms with E-state index in [4.69, 9.17) is 14.2 Å². The van der Waals surface area contributed by atoms with E-state index < -0.39 is 72.9 Å². The van der Waals surface area contributed by atoms with E-state index in [0.717, 1.165) is 0 Å². The summed E-state index contributed by atoms with van der Waals surface area (Å²) in [4.78, 5) is 111. The Hall–Kier alpha value is -4.02. The number of nitrogens with zero attached hydrogens (tertiary/aromatic N) is 5. The van der Waals surface area contributed by atoms with Crippen molar-refractivity contribution < 1.29 is 62.6 Å². The molecule has 0 aliphatic carbocycles. The van der Waals surface area contributed by atoms with Crippen LogP contribution in [0.4, 0.5) is 0 Å². The molecule has 3 amide bonds. The van der Waals surface area contributed by atoms with Gasteiger partial charge in [0, 0.05) is 84.1 Å². The standard InChI is InChI=1S/C35H56BN7O13/c1-23(2)27(33(50)38-24(3)34(51)43-8-4-5-28(43)36(52)53)17-26(45)18-37-29(46)7-6-25(44)19-39-9-11-40-13-15-42-16-14-41(12-10-39)21-31(48)55-35(54-30(47)20-40)56-32(49)22-42/h23-24,27-28,35,52-53H,4-22H2,1-3H3,(H,37,46)(H,38,50)/t24-,27+,28+/m1/s1. The lowest BCUT2D eigenvalue weighted by Crippen LogP contribution is -2.53. The topological polar surface area (TPSA) is 245 Å². The van der Waals surface area contributed by atoms with Crippen LogP contribution in [0.2, 0.25) is 0 Å². The lowest BCUT2D eigenvalue weighted by molar-refractivity contribution is -0.258. The lowest BCUT2D eigenvalue weighted by Gasteiger charge is -2.33. The number of ether oxygens (including phenoxy) is 3. The van der Waals surface area contributed by atoms with E-state index in [0.29, 0.717) is 71.7 Å². The molecule has 4 heterocycles. The zero-order valence-electron chi connectivity index (χ0n) is 32.5. The van der Waals surface area contributed by atoms with E-state index in [1.54, 1.807) is 13.8 Å². The summed E-state index contributed by atoms with van der Waals surface area (Å²) >= 11 is 0. The Kier molecular flexibility index (Phi) is 17.2. The predicted molar refractivity (Wildman–Crippen MR) is 196 cm³/mol. The number of carbonyl (C=O) groups is 8. The summed E-state index contributed by atoms with van der Waals surface area (Å²) in [6.45, 7) is 6.12. The third kappa shape index (κ3) is 14.2. The lowest BCUT2D eigenvalue weighted by atomic mass is 9.78. The van der Waals surface area contributed by atoms with Crippen LogP contribution in [-0.2, 0) is 52.6 Å². The number of amides is 3. The molecule has 4 N–H and O–H groups in total. The van der Waals surface area contributed by atoms with E-state index in [2.05, 4.69) is 10.6 Å². The number of rotatable bonds is 14. The molecule has 0 spiro atoms. The molecule has 5 atom stereocenters. The first-order valence-electron chi connectivity index (χ1n) is 19.3. The summed E-state index contributed by atoms with van der Waals surface area (Å²) in [5, 5.41) is 24.4. The summed E-state index contributed by atoms with van der Waals surface area (Å²) in [6.07, 6.45) is 0.598. The molecule has 312 valence electrons. The van der Waals surface area contributed by atoms with Gasteiger partial charge in [-0.15, -0.1) is 0 Å². The van der Waals surface area contributed by atoms with E-state index in [1.807, 2.05) is 19.6 Å². The predicted octanol–water partition coefficient (Wildman–Crippen LogP) is -3.65. The Balaban J connectivity index is 1.25. The maximum atomic E-state index is 13.1. The van der Waals surface area contributed by atoms with Crippen molar-refractivity contribution >= 4 is 54.3 Å². The third-order valence-electron chi connectivity index (χ3n) is 10.4. The summed E-state index contributed by atoms with van der Waals surface area (Å²) in [5.74, 6) is -6.06. The van der Waals surface area contributed by atoms with Crippen LogP contribution in [-0.4, -0.2) is 199 Å². The molecule has 4 aliphatic heterocycles. The van der Waals surface area contributed by atoms with Gasteiger partial charge in [0.25, 0.3) is 0 Å². The highest BCUT2D eigenvalue weighted by Gasteiger charge is 2.39. The molecule has 0 aromatic heterocycles. The summed E-state index contributed by atoms with van der Waals surface area (Å²) in [6, 6.07) is -0.950. The molecule has 21 heteroatoms. The first kappa shape index (κ1) is 44.7. The average molecular weight is 794 g/mol. The Morgan fingerprint density at radius 1 is 0.750 bits per heavy atom. The van der Waals surface area contributed by atoms with Gasteiger partial charge in [-0.25, -0.2) is 0 Å². The Morgan fingerprint density at radius 3 is 1.77 bits per heavy atom. The van der Waals surface area contributed by atoms with E-state index in [-0.39, 0.29) is 63.7 Å². The quantitative estimate of drug-likeness (QED) is 0.0979. The highest BCUT2D eigenvalue weighted by atomic mass is 16.9. The number of fused-ring (bicyclic) bond motifs is 7. The van der Waals surface area contributed by atoms with Gasteiger partial charge in [-0.05, 0) is 25.7 Å². The van der Waals surface area contributed by atoms with E-state index in [9.17, 15) is 48.4 Å². The van der Waals surface area contributed by atoms with Crippen molar-refractivity contribution in [3.63, 3.8) is 0 Å². The molecule has 0 saturated carbocycles. The second-order valence-corrected chi connectivity index (χ2v) is 15.2. The molecule has 0 aromatic rings. The maximum absolute atomic E-state index is 13.1. The Morgan fingerprint density at radius 2 is 1.27 bits per heavy atom. The van der Waals surface area contributed by atoms with Crippen molar-refractivity contribution in [1.82, 2.24) is 35.1 Å². The summed E-state index contributed by atoms with van der Waals surface area (Å²) < 4.78 is 15.5. The van der Waals surface area contributed by atoms with Crippen LogP contribution in [0.5, 0.6) is 0 Å². The van der Waals surface area contributed by atoms with Crippen molar-refractivity contribution in [1.29, 1.82) is 0 Å². The number of ketones is 2. The Bertz CT molecular complexity index is 1420. The normalized spacial score (nSPS) is 26.3. The molecule has 0 aromatic carbocycles. The van der Waals surface area contributed by atoms with Gasteiger partial charge in [0.2, 0.25) is 17.7 Å². The van der Waals surface area contributed by atoms with Crippen LogP contribution in [0.15, 0.2) is 0 Å². The number of Topliss-reactive ketones (excluding diaryl/α,β-unsaturated/α-hetero) is 2. The number of nitrogens with one attached hydrogen (secondary N) is 2. The second kappa shape index (κ2) is 21.5. The number of hydrogen-bond donors (Lipinski definition) is 4. The van der Waals surface area contributed by atoms with Gasteiger partial charge in [-0.3, -0.25) is 58.0 Å². The summed E-state index contributed by atoms with van der Waals surface area (Å²) in [5.41, 5.74) is 0. The molecular weight excluding hydrogens is 737 g/mol. The summed E-state index contributed by atoms with van der Waals surface area (Å²) in [7, 11) is -1.69. The maximum Gasteiger partial charge on any atom is 0.475 e. The van der Waals surface area contributed by atoms with Gasteiger partial charge in [0.1, 0.15) is 11.8 Å². The molecule has 4 aliphatic rings. The number of likely N-dealkylation sites (tertiary alicyclic amines) is 1. The third-order valence-corrected chi connectivity index (χ3v) is 10.4. The average Bonchev–Trinajstić information content (AvgIpc) is 3.61. The smallest absolute Gasteiger partial charge is 0.426 e. The van der Waals surface area contributed by atoms with Gasteiger partial charge >= 0.3 is 31.5 Å². The number of esters is 3. The van der Waals surface area contributed by atoms with Crippen molar-refractivity contribution in [2.45, 2.75) is 71.3 Å². The minimum Gasteiger partial charge on any atom is -0.426 e. The SMILES string of the molecule is CC(C)[C@H](CC(=O)CNC(=O)CCC(=O)CN1CCN2CCN3CCN(CC1)CC(=O)OC(OC(=O)C2)OC(=O)C3)C(=O)N[C@H](C)C(=O)N1CCC[C@H]1B(O)O. The van der Waals surface area contributed by atoms with Gasteiger partial charge in [0.15, 0.2) is 5.78 Å². The molecule has 56 heavy (non-hydrogen) atoms. The van der Waals surface area contributed by atoms with Crippen LogP contribution in [0, 0.1) is 11.8 Å². The highest BCUT2D eigenvalue weighted by molar-refractivity contribution is 6.43. The molecule has 20 nitrogen and oxygen atoms in total. The van der Waals surface area contributed by atoms with Crippen LogP contribution in [0.1, 0.15) is 52.9 Å². The van der Waals surface area contributed by atoms with Gasteiger partial charge in [0.05, 0.1) is 38.7 Å². The molecular formula is C35H56BN7O13. The zero-order chi connectivity index (χ0) is 40.9. The van der Waals surface area contributed by atoms with E-state index in [1.165, 1.54) is 11.8 Å². The minimum atomic E-state index is -1.79. The van der Waals surface area contributed by atoms with Gasteiger partial charge < -0.3 is 39.8 Å². The Labute approximate surface area is 326 Å². The van der Waals surface area contributed by atoms with E-state index >= 15 is 0 Å². The second-order valence-electron chi connectivity index (χ2n) is 15.2. The fourth-order valence-corrected chi connectivity index (χ4v) is 7.09. The molecule has 2 unspecified atom stereocenters. The molecule has 4 saturated heterocycles. The fraction of sp³-hybridized carbons (Fsp3) is 0.771. The van der Waals surface area contributed by atoms with Crippen LogP contribution >= 0.6 is 0 Å². The van der Waals surface area contributed by atoms with Crippen molar-refractivity contribution in [2.24, 2.45) is 11.8 Å². The van der Waals surface area contributed by atoms with Gasteiger partial charge in [-0.1, -0.05) is 13.8 Å². The first-order valence-corrected chi connectivity index (χ1v) is 19.3. The number of carbonyl (C=O) groups excluding carboxylic acids is 8. The minimum absolute atomic E-state index is 0.00439.